The van der Waals surface area contributed by atoms with E-state index in [1.165, 1.54) is 27.7 Å². The molecule has 39 heavy (non-hydrogen) atoms. The van der Waals surface area contributed by atoms with Crippen LogP contribution in [0.3, 0.4) is 0 Å². The normalized spacial score (nSPS) is 15.0. The molecule has 1 aromatic heterocycles. The Hall–Kier alpha value is -3.67. The van der Waals surface area contributed by atoms with Gasteiger partial charge in [-0.1, -0.05) is 37.7 Å². The van der Waals surface area contributed by atoms with E-state index < -0.39 is 18.6 Å². The summed E-state index contributed by atoms with van der Waals surface area (Å²) in [5, 5.41) is 7.36. The Morgan fingerprint density at radius 2 is 1.90 bits per heavy atom. The van der Waals surface area contributed by atoms with Crippen LogP contribution in [0.4, 0.5) is 29.3 Å². The molecule has 0 aliphatic carbocycles. The van der Waals surface area contributed by atoms with Gasteiger partial charge in [-0.25, -0.2) is 9.78 Å². The fourth-order valence-electron chi connectivity index (χ4n) is 4.09. The number of aromatic nitrogens is 3. The van der Waals surface area contributed by atoms with Crippen molar-refractivity contribution < 1.29 is 22.8 Å². The molecule has 3 amide bonds. The summed E-state index contributed by atoms with van der Waals surface area (Å²) in [5.74, 6) is 0.687. The lowest BCUT2D eigenvalue weighted by molar-refractivity contribution is -0.135. The summed E-state index contributed by atoms with van der Waals surface area (Å²) in [6.45, 7) is 6.39. The monoisotopic (exact) mass is 558 g/mol. The Bertz CT molecular complexity index is 1370. The van der Waals surface area contributed by atoms with Crippen molar-refractivity contribution in [2.45, 2.75) is 58.7 Å². The molecule has 2 heterocycles. The van der Waals surface area contributed by atoms with Crippen LogP contribution < -0.4 is 10.2 Å². The van der Waals surface area contributed by atoms with Crippen LogP contribution in [0, 0.1) is 6.92 Å². The fourth-order valence-corrected chi connectivity index (χ4v) is 4.95. The van der Waals surface area contributed by atoms with Crippen LogP contribution in [0.5, 0.6) is 0 Å². The number of nitrogens with zero attached hydrogens (tertiary/aromatic N) is 5. The molecule has 12 heteroatoms. The van der Waals surface area contributed by atoms with Crippen molar-refractivity contribution in [2.75, 3.05) is 16.0 Å². The number of nitrogens with one attached hydrogen (secondary N) is 1. The second kappa shape index (κ2) is 12.0. The zero-order valence-electron chi connectivity index (χ0n) is 21.8. The van der Waals surface area contributed by atoms with Crippen LogP contribution in [0.15, 0.2) is 53.8 Å². The van der Waals surface area contributed by atoms with Crippen LogP contribution in [0.2, 0.25) is 0 Å². The zero-order chi connectivity index (χ0) is 28.2. The maximum Gasteiger partial charge on any atom is 0.389 e. The standard InChI is InChI=1S/C27H29F3N6O2S/c1-17(2)21-11-6-18(3)14-22(21)36-23(37)15-39-26(36)33-25(38)32-20-9-7-19(8-10-20)24-31-16-35(34-24)13-5-4-12-27(28,29)30/h6-11,14,16-17H,4-5,12-13,15H2,1-3H3,(H,32,38)/b33-26-. The highest BCUT2D eigenvalue weighted by Gasteiger charge is 2.32. The number of hydrogen-bond donors (Lipinski definition) is 1. The molecular formula is C27H29F3N6O2S. The van der Waals surface area contributed by atoms with Crippen molar-refractivity contribution in [3.63, 3.8) is 0 Å². The Labute approximate surface area is 228 Å². The molecular weight excluding hydrogens is 529 g/mol. The Kier molecular flexibility index (Phi) is 8.73. The van der Waals surface area contributed by atoms with Gasteiger partial charge in [-0.15, -0.1) is 0 Å². The first-order chi connectivity index (χ1) is 18.5. The molecule has 1 saturated heterocycles. The molecule has 0 atom stereocenters. The number of amides is 3. The summed E-state index contributed by atoms with van der Waals surface area (Å²) < 4.78 is 38.4. The van der Waals surface area contributed by atoms with Gasteiger partial charge in [0.1, 0.15) is 6.33 Å². The van der Waals surface area contributed by atoms with Crippen molar-refractivity contribution in [2.24, 2.45) is 4.99 Å². The molecule has 1 fully saturated rings. The molecule has 0 unspecified atom stereocenters. The summed E-state index contributed by atoms with van der Waals surface area (Å²) >= 11 is 1.22. The highest BCUT2D eigenvalue weighted by atomic mass is 32.2. The van der Waals surface area contributed by atoms with E-state index in [0.29, 0.717) is 35.2 Å². The zero-order valence-corrected chi connectivity index (χ0v) is 22.6. The van der Waals surface area contributed by atoms with E-state index in [1.54, 1.807) is 24.3 Å². The Balaban J connectivity index is 1.40. The van der Waals surface area contributed by atoms with Crippen LogP contribution in [-0.4, -0.2) is 43.8 Å². The fraction of sp³-hybridized carbons (Fsp3) is 0.370. The third kappa shape index (κ3) is 7.47. The number of carbonyl (C=O) groups is 2. The summed E-state index contributed by atoms with van der Waals surface area (Å²) in [6, 6.07) is 12.1. The van der Waals surface area contributed by atoms with Crippen LogP contribution in [0.1, 0.15) is 50.2 Å². The third-order valence-corrected chi connectivity index (χ3v) is 6.96. The van der Waals surface area contributed by atoms with Gasteiger partial charge in [0.25, 0.3) is 0 Å². The van der Waals surface area contributed by atoms with E-state index in [4.69, 9.17) is 0 Å². The number of aryl methyl sites for hydroxylation is 2. The van der Waals surface area contributed by atoms with Gasteiger partial charge in [0.2, 0.25) is 5.91 Å². The van der Waals surface area contributed by atoms with E-state index in [0.717, 1.165) is 16.8 Å². The quantitative estimate of drug-likeness (QED) is 0.308. The number of anilines is 2. The van der Waals surface area contributed by atoms with Crippen LogP contribution >= 0.6 is 11.8 Å². The molecule has 1 N–H and O–H groups in total. The number of urea groups is 1. The molecule has 4 rings (SSSR count). The SMILES string of the molecule is Cc1ccc(C(C)C)c(N2C(=O)CS/C2=N\C(=O)Nc2ccc(-c3ncn(CCCCC(F)(F)F)n3)cc2)c1. The summed E-state index contributed by atoms with van der Waals surface area (Å²) in [5.41, 5.74) is 3.93. The van der Waals surface area contributed by atoms with Crippen molar-refractivity contribution in [1.29, 1.82) is 0 Å². The van der Waals surface area contributed by atoms with Gasteiger partial charge in [-0.3, -0.25) is 14.4 Å². The van der Waals surface area contributed by atoms with Gasteiger partial charge < -0.3 is 5.32 Å². The minimum atomic E-state index is -4.15. The number of carbonyl (C=O) groups excluding carboxylic acids is 2. The maximum absolute atomic E-state index is 12.7. The predicted molar refractivity (Wildman–Crippen MR) is 147 cm³/mol. The third-order valence-electron chi connectivity index (χ3n) is 6.04. The minimum Gasteiger partial charge on any atom is -0.306 e. The number of aliphatic imine (C=N–C) groups is 1. The molecule has 8 nitrogen and oxygen atoms in total. The van der Waals surface area contributed by atoms with Gasteiger partial charge in [-0.05, 0) is 67.1 Å². The first-order valence-electron chi connectivity index (χ1n) is 12.5. The van der Waals surface area contributed by atoms with Gasteiger partial charge in [0.05, 0.1) is 11.4 Å². The number of hydrogen-bond acceptors (Lipinski definition) is 5. The first-order valence-corrected chi connectivity index (χ1v) is 13.5. The average molecular weight is 559 g/mol. The Morgan fingerprint density at radius 1 is 1.15 bits per heavy atom. The number of halogens is 3. The maximum atomic E-state index is 12.7. The molecule has 1 aliphatic rings. The smallest absolute Gasteiger partial charge is 0.306 e. The van der Waals surface area contributed by atoms with Gasteiger partial charge in [0.15, 0.2) is 11.0 Å². The summed E-state index contributed by atoms with van der Waals surface area (Å²) in [4.78, 5) is 35.4. The highest BCUT2D eigenvalue weighted by molar-refractivity contribution is 8.15. The summed E-state index contributed by atoms with van der Waals surface area (Å²) in [7, 11) is 0. The molecule has 0 bridgehead atoms. The molecule has 0 saturated carbocycles. The lowest BCUT2D eigenvalue weighted by Gasteiger charge is -2.22. The van der Waals surface area contributed by atoms with Crippen LogP contribution in [0.25, 0.3) is 11.4 Å². The van der Waals surface area contributed by atoms with E-state index >= 15 is 0 Å². The largest absolute Gasteiger partial charge is 0.389 e. The van der Waals surface area contributed by atoms with Gasteiger partial charge in [0, 0.05) is 24.2 Å². The minimum absolute atomic E-state index is 0.0333. The van der Waals surface area contributed by atoms with E-state index in [-0.39, 0.29) is 24.0 Å². The highest BCUT2D eigenvalue weighted by Crippen LogP contribution is 2.34. The molecule has 0 radical (unpaired) electrons. The molecule has 0 spiro atoms. The molecule has 3 aromatic rings. The van der Waals surface area contributed by atoms with Crippen molar-refractivity contribution in [1.82, 2.24) is 14.8 Å². The number of unbranched alkanes of at least 4 members (excludes halogenated alkanes) is 1. The van der Waals surface area contributed by atoms with Crippen molar-refractivity contribution in [3.05, 3.63) is 59.9 Å². The van der Waals surface area contributed by atoms with E-state index in [1.807, 2.05) is 39.0 Å². The van der Waals surface area contributed by atoms with Crippen LogP contribution in [-0.2, 0) is 11.3 Å². The number of alkyl halides is 3. The molecule has 2 aromatic carbocycles. The number of rotatable bonds is 8. The van der Waals surface area contributed by atoms with Gasteiger partial charge >= 0.3 is 12.2 Å². The predicted octanol–water partition coefficient (Wildman–Crippen LogP) is 6.78. The first kappa shape index (κ1) is 28.3. The van der Waals surface area contributed by atoms with E-state index in [9.17, 15) is 22.8 Å². The lowest BCUT2D eigenvalue weighted by atomic mass is 9.99. The number of benzene rings is 2. The van der Waals surface area contributed by atoms with Crippen molar-refractivity contribution in [3.8, 4) is 11.4 Å². The second-order valence-corrected chi connectivity index (χ2v) is 10.5. The average Bonchev–Trinajstić information content (AvgIpc) is 3.48. The Morgan fingerprint density at radius 3 is 2.59 bits per heavy atom. The number of thioether (sulfide) groups is 1. The molecule has 1 aliphatic heterocycles. The van der Waals surface area contributed by atoms with Crippen molar-refractivity contribution >= 4 is 40.2 Å². The van der Waals surface area contributed by atoms with Gasteiger partial charge in [-0.2, -0.15) is 23.3 Å². The summed E-state index contributed by atoms with van der Waals surface area (Å²) in [6.07, 6.45) is -3.10. The number of amidine groups is 1. The topological polar surface area (TPSA) is 92.5 Å². The van der Waals surface area contributed by atoms with E-state index in [2.05, 4.69) is 20.4 Å². The molecule has 206 valence electrons. The second-order valence-electron chi connectivity index (χ2n) is 9.54. The lowest BCUT2D eigenvalue weighted by Crippen LogP contribution is -2.31.